The average molecular weight is 277 g/mol. The predicted molar refractivity (Wildman–Crippen MR) is 83.5 cm³/mol. The average Bonchev–Trinajstić information content (AvgIpc) is 2.29. The van der Waals surface area contributed by atoms with Crippen LogP contribution in [0.2, 0.25) is 0 Å². The summed E-state index contributed by atoms with van der Waals surface area (Å²) in [4.78, 5) is 12.6. The third-order valence-electron chi connectivity index (χ3n) is 4.01. The van der Waals surface area contributed by atoms with Crippen LogP contribution in [0, 0.1) is 16.7 Å². The molecule has 0 saturated carbocycles. The molecule has 0 aliphatic heterocycles. The van der Waals surface area contributed by atoms with E-state index in [-0.39, 0.29) is 11.4 Å². The lowest BCUT2D eigenvalue weighted by molar-refractivity contribution is -0.153. The molecule has 0 aromatic heterocycles. The highest BCUT2D eigenvalue weighted by Crippen LogP contribution is 2.44. The van der Waals surface area contributed by atoms with E-state index in [1.807, 2.05) is 6.92 Å². The summed E-state index contributed by atoms with van der Waals surface area (Å²) < 4.78 is 5.57. The first-order chi connectivity index (χ1) is 9.06. The monoisotopic (exact) mass is 277 g/mol. The van der Waals surface area contributed by atoms with Gasteiger partial charge in [0.2, 0.25) is 0 Å². The van der Waals surface area contributed by atoms with E-state index in [9.17, 15) is 4.79 Å². The van der Waals surface area contributed by atoms with E-state index in [1.165, 1.54) is 0 Å². The summed E-state index contributed by atoms with van der Waals surface area (Å²) in [6.45, 7) is 12.5. The zero-order chi connectivity index (χ0) is 15.6. The molecule has 20 heavy (non-hydrogen) atoms. The lowest BCUT2D eigenvalue weighted by Crippen LogP contribution is -2.44. The Kier molecular flexibility index (Phi) is 4.85. The minimum atomic E-state index is -0.525. The van der Waals surface area contributed by atoms with Crippen molar-refractivity contribution in [2.45, 2.75) is 48.0 Å². The van der Waals surface area contributed by atoms with Gasteiger partial charge in [0, 0.05) is 5.69 Å². The molecule has 1 aromatic rings. The quantitative estimate of drug-likeness (QED) is 0.508. The Labute approximate surface area is 122 Å². The van der Waals surface area contributed by atoms with Crippen LogP contribution in [0.4, 0.5) is 5.69 Å². The number of benzene rings is 1. The van der Waals surface area contributed by atoms with Gasteiger partial charge in [-0.1, -0.05) is 34.6 Å². The van der Waals surface area contributed by atoms with Crippen molar-refractivity contribution in [1.29, 1.82) is 0 Å². The first-order valence-electron chi connectivity index (χ1n) is 7.14. The van der Waals surface area contributed by atoms with Gasteiger partial charge in [0.15, 0.2) is 0 Å². The standard InChI is InChI=1S/C17H27NO2/c1-12(2)11-17(6,16(3,4)5)15(19)20-14-9-7-13(18)8-10-14/h7-10,12H,11,18H2,1-6H3. The molecule has 0 spiro atoms. The Balaban J connectivity index is 2.97. The summed E-state index contributed by atoms with van der Waals surface area (Å²) in [5.74, 6) is 0.796. The molecule has 1 unspecified atom stereocenters. The van der Waals surface area contributed by atoms with E-state index in [0.29, 0.717) is 17.4 Å². The van der Waals surface area contributed by atoms with Crippen molar-refractivity contribution >= 4 is 11.7 Å². The maximum atomic E-state index is 12.6. The van der Waals surface area contributed by atoms with Crippen LogP contribution in [0.25, 0.3) is 0 Å². The molecule has 0 amide bonds. The van der Waals surface area contributed by atoms with Gasteiger partial charge in [0.25, 0.3) is 0 Å². The summed E-state index contributed by atoms with van der Waals surface area (Å²) in [7, 11) is 0. The van der Waals surface area contributed by atoms with Gasteiger partial charge in [-0.05, 0) is 48.9 Å². The van der Waals surface area contributed by atoms with Crippen LogP contribution in [-0.2, 0) is 4.79 Å². The molecule has 2 N–H and O–H groups in total. The third kappa shape index (κ3) is 3.75. The lowest BCUT2D eigenvalue weighted by Gasteiger charge is -2.40. The Hall–Kier alpha value is -1.51. The number of nitrogens with two attached hydrogens (primary N) is 1. The van der Waals surface area contributed by atoms with Crippen LogP contribution in [-0.4, -0.2) is 5.97 Å². The molecule has 0 heterocycles. The molecule has 1 aromatic carbocycles. The van der Waals surface area contributed by atoms with E-state index >= 15 is 0 Å². The predicted octanol–water partition coefficient (Wildman–Crippen LogP) is 4.27. The number of hydrogen-bond donors (Lipinski definition) is 1. The molecule has 0 saturated heterocycles. The second-order valence-corrected chi connectivity index (χ2v) is 7.14. The lowest BCUT2D eigenvalue weighted by atomic mass is 9.64. The Morgan fingerprint density at radius 2 is 1.65 bits per heavy atom. The molecule has 0 fully saturated rings. The van der Waals surface area contributed by atoms with Crippen LogP contribution >= 0.6 is 0 Å². The molecule has 3 nitrogen and oxygen atoms in total. The van der Waals surface area contributed by atoms with Gasteiger partial charge in [0.1, 0.15) is 5.75 Å². The van der Waals surface area contributed by atoms with E-state index in [0.717, 1.165) is 6.42 Å². The minimum Gasteiger partial charge on any atom is -0.426 e. The van der Waals surface area contributed by atoms with Crippen molar-refractivity contribution in [2.24, 2.45) is 16.7 Å². The first kappa shape index (κ1) is 16.5. The number of carbonyl (C=O) groups is 1. The van der Waals surface area contributed by atoms with Crippen molar-refractivity contribution in [3.8, 4) is 5.75 Å². The van der Waals surface area contributed by atoms with E-state index in [1.54, 1.807) is 24.3 Å². The van der Waals surface area contributed by atoms with Gasteiger partial charge in [0.05, 0.1) is 5.41 Å². The highest BCUT2D eigenvalue weighted by molar-refractivity contribution is 5.79. The molecule has 0 aliphatic rings. The minimum absolute atomic E-state index is 0.165. The topological polar surface area (TPSA) is 52.3 Å². The van der Waals surface area contributed by atoms with Gasteiger partial charge in [-0.2, -0.15) is 0 Å². The Morgan fingerprint density at radius 3 is 2.05 bits per heavy atom. The fraction of sp³-hybridized carbons (Fsp3) is 0.588. The van der Waals surface area contributed by atoms with Crippen LogP contribution < -0.4 is 10.5 Å². The van der Waals surface area contributed by atoms with Gasteiger partial charge >= 0.3 is 5.97 Å². The second kappa shape index (κ2) is 5.86. The Bertz CT molecular complexity index is 457. The highest BCUT2D eigenvalue weighted by Gasteiger charge is 2.46. The van der Waals surface area contributed by atoms with Crippen molar-refractivity contribution in [1.82, 2.24) is 0 Å². The molecule has 3 heteroatoms. The molecule has 0 aliphatic carbocycles. The van der Waals surface area contributed by atoms with Crippen LogP contribution in [0.15, 0.2) is 24.3 Å². The van der Waals surface area contributed by atoms with Crippen LogP contribution in [0.3, 0.4) is 0 Å². The van der Waals surface area contributed by atoms with Gasteiger partial charge in [-0.15, -0.1) is 0 Å². The zero-order valence-electron chi connectivity index (χ0n) is 13.5. The van der Waals surface area contributed by atoms with Crippen molar-refractivity contribution in [2.75, 3.05) is 5.73 Å². The fourth-order valence-corrected chi connectivity index (χ4v) is 2.27. The van der Waals surface area contributed by atoms with Crippen molar-refractivity contribution in [3.63, 3.8) is 0 Å². The van der Waals surface area contributed by atoms with Gasteiger partial charge in [-0.3, -0.25) is 4.79 Å². The molecule has 112 valence electrons. The van der Waals surface area contributed by atoms with E-state index < -0.39 is 5.41 Å². The van der Waals surface area contributed by atoms with Gasteiger partial charge in [-0.25, -0.2) is 0 Å². The molecular formula is C17H27NO2. The summed E-state index contributed by atoms with van der Waals surface area (Å²) in [5.41, 5.74) is 5.61. The zero-order valence-corrected chi connectivity index (χ0v) is 13.5. The van der Waals surface area contributed by atoms with E-state index in [2.05, 4.69) is 34.6 Å². The van der Waals surface area contributed by atoms with Crippen molar-refractivity contribution in [3.05, 3.63) is 24.3 Å². The second-order valence-electron chi connectivity index (χ2n) is 7.14. The van der Waals surface area contributed by atoms with Gasteiger partial charge < -0.3 is 10.5 Å². The third-order valence-corrected chi connectivity index (χ3v) is 4.01. The maximum Gasteiger partial charge on any atom is 0.317 e. The smallest absolute Gasteiger partial charge is 0.317 e. The highest BCUT2D eigenvalue weighted by atomic mass is 16.5. The molecular weight excluding hydrogens is 250 g/mol. The molecule has 0 bridgehead atoms. The summed E-state index contributed by atoms with van der Waals surface area (Å²) in [6.07, 6.45) is 0.796. The largest absolute Gasteiger partial charge is 0.426 e. The van der Waals surface area contributed by atoms with Crippen LogP contribution in [0.5, 0.6) is 5.75 Å². The Morgan fingerprint density at radius 1 is 1.15 bits per heavy atom. The number of hydrogen-bond acceptors (Lipinski definition) is 3. The summed E-state index contributed by atoms with van der Waals surface area (Å²) >= 11 is 0. The number of carbonyl (C=O) groups excluding carboxylic acids is 1. The number of rotatable bonds is 4. The summed E-state index contributed by atoms with van der Waals surface area (Å²) in [5, 5.41) is 0. The maximum absolute atomic E-state index is 12.6. The molecule has 0 radical (unpaired) electrons. The molecule has 1 rings (SSSR count). The number of anilines is 1. The van der Waals surface area contributed by atoms with Crippen molar-refractivity contribution < 1.29 is 9.53 Å². The fourth-order valence-electron chi connectivity index (χ4n) is 2.27. The molecule has 1 atom stereocenters. The number of esters is 1. The van der Waals surface area contributed by atoms with E-state index in [4.69, 9.17) is 10.5 Å². The van der Waals surface area contributed by atoms with Crippen LogP contribution in [0.1, 0.15) is 48.0 Å². The number of ether oxygens (including phenoxy) is 1. The SMILES string of the molecule is CC(C)CC(C)(C(=O)Oc1ccc(N)cc1)C(C)(C)C. The number of nitrogen functional groups attached to an aromatic ring is 1. The normalized spacial score (nSPS) is 14.9. The first-order valence-corrected chi connectivity index (χ1v) is 7.14. The summed E-state index contributed by atoms with van der Waals surface area (Å²) in [6, 6.07) is 6.93.